The molecule has 0 spiro atoms. The molecule has 0 bridgehead atoms. The Morgan fingerprint density at radius 2 is 1.67 bits per heavy atom. The third-order valence-electron chi connectivity index (χ3n) is 6.38. The first-order chi connectivity index (χ1) is 17.1. The maximum atomic E-state index is 13.4. The topological polar surface area (TPSA) is 95.6 Å². The van der Waals surface area contributed by atoms with E-state index in [1.807, 2.05) is 54.6 Å². The van der Waals surface area contributed by atoms with Gasteiger partial charge in [-0.15, -0.1) is 0 Å². The SMILES string of the molecule is CC(=O)N1CCc2cc(S(=O)(=O)N[C@@H](Cc3ccccc3)C(=O)Nc3ccc(C(C)C)cc3)ccc21. The number of anilines is 2. The van der Waals surface area contributed by atoms with E-state index < -0.39 is 22.0 Å². The molecule has 0 unspecified atom stereocenters. The number of benzene rings is 3. The minimum absolute atomic E-state index is 0.0683. The van der Waals surface area contributed by atoms with Crippen molar-refractivity contribution in [2.75, 3.05) is 16.8 Å². The molecule has 2 amide bonds. The Hall–Kier alpha value is -3.49. The molecular weight excluding hydrogens is 474 g/mol. The molecule has 8 heteroatoms. The van der Waals surface area contributed by atoms with E-state index in [1.54, 1.807) is 17.0 Å². The van der Waals surface area contributed by atoms with Crippen LogP contribution in [0.25, 0.3) is 0 Å². The third kappa shape index (κ3) is 5.83. The maximum absolute atomic E-state index is 13.4. The summed E-state index contributed by atoms with van der Waals surface area (Å²) < 4.78 is 29.3. The summed E-state index contributed by atoms with van der Waals surface area (Å²) >= 11 is 0. The highest BCUT2D eigenvalue weighted by molar-refractivity contribution is 7.89. The molecule has 4 rings (SSSR count). The van der Waals surface area contributed by atoms with Crippen molar-refractivity contribution in [2.24, 2.45) is 0 Å². The van der Waals surface area contributed by atoms with Crippen LogP contribution in [-0.4, -0.2) is 32.8 Å². The van der Waals surface area contributed by atoms with E-state index in [0.717, 1.165) is 22.4 Å². The second kappa shape index (κ2) is 10.6. The highest BCUT2D eigenvalue weighted by Crippen LogP contribution is 2.30. The van der Waals surface area contributed by atoms with E-state index in [-0.39, 0.29) is 17.2 Å². The van der Waals surface area contributed by atoms with Crippen LogP contribution in [-0.2, 0) is 32.5 Å². The van der Waals surface area contributed by atoms with Gasteiger partial charge in [-0.3, -0.25) is 9.59 Å². The highest BCUT2D eigenvalue weighted by atomic mass is 32.2. The first kappa shape index (κ1) is 25.6. The Labute approximate surface area is 212 Å². The second-order valence-electron chi connectivity index (χ2n) is 9.34. The summed E-state index contributed by atoms with van der Waals surface area (Å²) in [6, 6.07) is 20.5. The van der Waals surface area contributed by atoms with E-state index in [4.69, 9.17) is 0 Å². The molecule has 0 aliphatic carbocycles. The molecule has 0 fully saturated rings. The summed E-state index contributed by atoms with van der Waals surface area (Å²) in [5.74, 6) is -0.158. The van der Waals surface area contributed by atoms with Gasteiger partial charge in [0, 0.05) is 24.8 Å². The minimum atomic E-state index is -4.01. The van der Waals surface area contributed by atoms with E-state index in [0.29, 0.717) is 24.6 Å². The van der Waals surface area contributed by atoms with Crippen molar-refractivity contribution in [3.8, 4) is 0 Å². The maximum Gasteiger partial charge on any atom is 0.242 e. The Balaban J connectivity index is 1.57. The van der Waals surface area contributed by atoms with Crippen LogP contribution in [0, 0.1) is 0 Å². The van der Waals surface area contributed by atoms with Crippen LogP contribution in [0.1, 0.15) is 43.4 Å². The zero-order valence-electron chi connectivity index (χ0n) is 20.7. The fourth-order valence-corrected chi connectivity index (χ4v) is 5.59. The third-order valence-corrected chi connectivity index (χ3v) is 7.85. The summed E-state index contributed by atoms with van der Waals surface area (Å²) in [6.45, 7) is 6.20. The number of sulfonamides is 1. The van der Waals surface area contributed by atoms with Gasteiger partial charge in [0.25, 0.3) is 0 Å². The van der Waals surface area contributed by atoms with Crippen LogP contribution in [0.5, 0.6) is 0 Å². The molecular formula is C28H31N3O4S. The normalized spacial score (nSPS) is 13.9. The van der Waals surface area contributed by atoms with Crippen LogP contribution in [0.2, 0.25) is 0 Å². The van der Waals surface area contributed by atoms with Gasteiger partial charge in [0.2, 0.25) is 21.8 Å². The van der Waals surface area contributed by atoms with Gasteiger partial charge in [0.05, 0.1) is 4.90 Å². The largest absolute Gasteiger partial charge is 0.325 e. The van der Waals surface area contributed by atoms with Gasteiger partial charge >= 0.3 is 0 Å². The Morgan fingerprint density at radius 3 is 2.31 bits per heavy atom. The second-order valence-corrected chi connectivity index (χ2v) is 11.1. The number of carbonyl (C=O) groups is 2. The van der Waals surface area contributed by atoms with Gasteiger partial charge < -0.3 is 10.2 Å². The van der Waals surface area contributed by atoms with Crippen LogP contribution in [0.4, 0.5) is 11.4 Å². The Morgan fingerprint density at radius 1 is 0.972 bits per heavy atom. The Bertz CT molecular complexity index is 1350. The molecule has 3 aromatic rings. The van der Waals surface area contributed by atoms with Crippen molar-refractivity contribution in [1.29, 1.82) is 0 Å². The molecule has 0 aromatic heterocycles. The first-order valence-electron chi connectivity index (χ1n) is 12.0. The van der Waals surface area contributed by atoms with E-state index in [9.17, 15) is 18.0 Å². The lowest BCUT2D eigenvalue weighted by molar-refractivity contribution is -0.118. The van der Waals surface area contributed by atoms with Gasteiger partial charge in [-0.1, -0.05) is 56.3 Å². The molecule has 0 saturated carbocycles. The van der Waals surface area contributed by atoms with Gasteiger partial charge in [-0.25, -0.2) is 8.42 Å². The zero-order chi connectivity index (χ0) is 25.9. The number of amides is 2. The van der Waals surface area contributed by atoms with Crippen molar-refractivity contribution in [1.82, 2.24) is 4.72 Å². The number of rotatable bonds is 8. The molecule has 3 aromatic carbocycles. The van der Waals surface area contributed by atoms with E-state index in [2.05, 4.69) is 23.9 Å². The standard InChI is InChI=1S/C28H31N3O4S/c1-19(2)22-9-11-24(12-10-22)29-28(33)26(17-21-7-5-4-6-8-21)30-36(34,35)25-13-14-27-23(18-25)15-16-31(27)20(3)32/h4-14,18-19,26,30H,15-17H2,1-3H3,(H,29,33)/t26-/m0/s1. The quantitative estimate of drug-likeness (QED) is 0.479. The van der Waals surface area contributed by atoms with Crippen LogP contribution < -0.4 is 14.9 Å². The number of nitrogens with one attached hydrogen (secondary N) is 2. The lowest BCUT2D eigenvalue weighted by Crippen LogP contribution is -2.45. The molecule has 1 aliphatic heterocycles. The number of hydrogen-bond donors (Lipinski definition) is 2. The van der Waals surface area contributed by atoms with Gasteiger partial charge in [0.15, 0.2) is 0 Å². The lowest BCUT2D eigenvalue weighted by atomic mass is 10.0. The fraction of sp³-hybridized carbons (Fsp3) is 0.286. The van der Waals surface area contributed by atoms with E-state index >= 15 is 0 Å². The molecule has 36 heavy (non-hydrogen) atoms. The van der Waals surface area contributed by atoms with Crippen LogP contribution >= 0.6 is 0 Å². The highest BCUT2D eigenvalue weighted by Gasteiger charge is 2.29. The summed E-state index contributed by atoms with van der Waals surface area (Å²) in [6.07, 6.45) is 0.775. The number of hydrogen-bond acceptors (Lipinski definition) is 4. The van der Waals surface area contributed by atoms with Crippen molar-refractivity contribution in [3.05, 3.63) is 89.5 Å². The first-order valence-corrected chi connectivity index (χ1v) is 13.5. The lowest BCUT2D eigenvalue weighted by Gasteiger charge is -2.20. The predicted molar refractivity (Wildman–Crippen MR) is 142 cm³/mol. The average molecular weight is 506 g/mol. The van der Waals surface area contributed by atoms with Gasteiger partial charge in [-0.2, -0.15) is 4.72 Å². The summed E-state index contributed by atoms with van der Waals surface area (Å²) in [4.78, 5) is 26.8. The monoisotopic (exact) mass is 505 g/mol. The summed E-state index contributed by atoms with van der Waals surface area (Å²) in [7, 11) is -4.01. The smallest absolute Gasteiger partial charge is 0.242 e. The fourth-order valence-electron chi connectivity index (χ4n) is 4.35. The average Bonchev–Trinajstić information content (AvgIpc) is 3.28. The number of fused-ring (bicyclic) bond motifs is 1. The zero-order valence-corrected chi connectivity index (χ0v) is 21.5. The van der Waals surface area contributed by atoms with Crippen LogP contribution in [0.15, 0.2) is 77.7 Å². The molecule has 2 N–H and O–H groups in total. The van der Waals surface area contributed by atoms with Crippen molar-refractivity contribution < 1.29 is 18.0 Å². The van der Waals surface area contributed by atoms with Crippen molar-refractivity contribution in [3.63, 3.8) is 0 Å². The predicted octanol–water partition coefficient (Wildman–Crippen LogP) is 4.25. The summed E-state index contributed by atoms with van der Waals surface area (Å²) in [5, 5.41) is 2.85. The molecule has 188 valence electrons. The van der Waals surface area contributed by atoms with Crippen LogP contribution in [0.3, 0.4) is 0 Å². The molecule has 1 heterocycles. The number of nitrogens with zero attached hydrogens (tertiary/aromatic N) is 1. The van der Waals surface area contributed by atoms with Crippen molar-refractivity contribution >= 4 is 33.2 Å². The Kier molecular flexibility index (Phi) is 7.56. The number of carbonyl (C=O) groups excluding carboxylic acids is 2. The van der Waals surface area contributed by atoms with Gasteiger partial charge in [-0.05, 0) is 65.8 Å². The van der Waals surface area contributed by atoms with E-state index in [1.165, 1.54) is 13.0 Å². The minimum Gasteiger partial charge on any atom is -0.325 e. The van der Waals surface area contributed by atoms with Gasteiger partial charge in [0.1, 0.15) is 6.04 Å². The molecule has 1 atom stereocenters. The van der Waals surface area contributed by atoms with Crippen molar-refractivity contribution in [2.45, 2.75) is 50.5 Å². The molecule has 0 radical (unpaired) electrons. The molecule has 7 nitrogen and oxygen atoms in total. The molecule has 1 aliphatic rings. The summed E-state index contributed by atoms with van der Waals surface area (Å²) in [5.41, 5.74) is 4.10. The molecule has 0 saturated heterocycles.